The highest BCUT2D eigenvalue weighted by molar-refractivity contribution is 5.82. The molecule has 0 saturated carbocycles. The van der Waals surface area contributed by atoms with Gasteiger partial charge in [0.1, 0.15) is 0 Å². The number of nitrogens with one attached hydrogen (secondary N) is 1. The number of amides is 1. The third kappa shape index (κ3) is 4.69. The van der Waals surface area contributed by atoms with Crippen LogP contribution in [0.1, 0.15) is 41.0 Å². The summed E-state index contributed by atoms with van der Waals surface area (Å²) >= 11 is 0. The monoisotopic (exact) mass is 282 g/mol. The highest BCUT2D eigenvalue weighted by atomic mass is 16.1. The van der Waals surface area contributed by atoms with E-state index in [9.17, 15) is 4.79 Å². The van der Waals surface area contributed by atoms with E-state index >= 15 is 0 Å². The van der Waals surface area contributed by atoms with Crippen LogP contribution in [0.3, 0.4) is 0 Å². The zero-order valence-electron chi connectivity index (χ0n) is 13.6. The molecule has 116 valence electrons. The standard InChI is InChI=1S/C15H30N4O/c1-6-17-14(18-10-15(4,5)13(16)20)19-8-11(2)7-12(3)9-19/h11-12H,6-10H2,1-5H3,(H2,16,20)(H,17,18). The number of carbonyl (C=O) groups is 1. The average molecular weight is 282 g/mol. The molecule has 1 fully saturated rings. The van der Waals surface area contributed by atoms with Crippen LogP contribution in [0.5, 0.6) is 0 Å². The van der Waals surface area contributed by atoms with Crippen molar-refractivity contribution >= 4 is 11.9 Å². The predicted molar refractivity (Wildman–Crippen MR) is 83.5 cm³/mol. The van der Waals surface area contributed by atoms with Crippen LogP contribution in [0, 0.1) is 17.3 Å². The zero-order valence-corrected chi connectivity index (χ0v) is 13.6. The first-order chi connectivity index (χ1) is 9.26. The van der Waals surface area contributed by atoms with Gasteiger partial charge in [-0.3, -0.25) is 9.79 Å². The van der Waals surface area contributed by atoms with E-state index in [1.807, 2.05) is 13.8 Å². The van der Waals surface area contributed by atoms with Gasteiger partial charge in [-0.1, -0.05) is 13.8 Å². The van der Waals surface area contributed by atoms with Crippen LogP contribution in [-0.4, -0.2) is 42.9 Å². The molecule has 1 heterocycles. The van der Waals surface area contributed by atoms with Crippen molar-refractivity contribution in [2.24, 2.45) is 28.0 Å². The molecule has 1 aliphatic rings. The molecule has 0 bridgehead atoms. The summed E-state index contributed by atoms with van der Waals surface area (Å²) in [5, 5.41) is 3.33. The fraction of sp³-hybridized carbons (Fsp3) is 0.867. The van der Waals surface area contributed by atoms with Crippen LogP contribution in [0.25, 0.3) is 0 Å². The Labute approximate surface area is 123 Å². The summed E-state index contributed by atoms with van der Waals surface area (Å²) in [6.45, 7) is 13.6. The zero-order chi connectivity index (χ0) is 15.3. The maximum atomic E-state index is 11.4. The summed E-state index contributed by atoms with van der Waals surface area (Å²) in [5.41, 5.74) is 4.81. The van der Waals surface area contributed by atoms with Crippen LogP contribution < -0.4 is 11.1 Å². The second-order valence-electron chi connectivity index (χ2n) is 6.77. The van der Waals surface area contributed by atoms with Gasteiger partial charge in [-0.05, 0) is 39.0 Å². The molecule has 1 saturated heterocycles. The van der Waals surface area contributed by atoms with E-state index < -0.39 is 5.41 Å². The molecule has 2 unspecified atom stereocenters. The van der Waals surface area contributed by atoms with Crippen molar-refractivity contribution in [3.63, 3.8) is 0 Å². The summed E-state index contributed by atoms with van der Waals surface area (Å²) in [7, 11) is 0. The number of nitrogens with zero attached hydrogens (tertiary/aromatic N) is 2. The van der Waals surface area contributed by atoms with Gasteiger partial charge >= 0.3 is 0 Å². The smallest absolute Gasteiger partial charge is 0.224 e. The average Bonchev–Trinajstić information content (AvgIpc) is 2.33. The molecular formula is C15H30N4O. The molecule has 20 heavy (non-hydrogen) atoms. The number of hydrogen-bond donors (Lipinski definition) is 2. The van der Waals surface area contributed by atoms with Crippen LogP contribution >= 0.6 is 0 Å². The molecule has 5 heteroatoms. The van der Waals surface area contributed by atoms with E-state index in [1.165, 1.54) is 6.42 Å². The highest BCUT2D eigenvalue weighted by Crippen LogP contribution is 2.21. The van der Waals surface area contributed by atoms with Gasteiger partial charge in [-0.25, -0.2) is 0 Å². The second kappa shape index (κ2) is 6.95. The topological polar surface area (TPSA) is 70.7 Å². The lowest BCUT2D eigenvalue weighted by molar-refractivity contribution is -0.125. The van der Waals surface area contributed by atoms with Crippen molar-refractivity contribution < 1.29 is 4.79 Å². The van der Waals surface area contributed by atoms with Crippen molar-refractivity contribution in [3.8, 4) is 0 Å². The van der Waals surface area contributed by atoms with E-state index in [0.29, 0.717) is 18.4 Å². The Bertz CT molecular complexity index is 355. The largest absolute Gasteiger partial charge is 0.369 e. The molecular weight excluding hydrogens is 252 g/mol. The van der Waals surface area contributed by atoms with Crippen molar-refractivity contribution in [2.45, 2.75) is 41.0 Å². The van der Waals surface area contributed by atoms with E-state index in [1.54, 1.807) is 0 Å². The van der Waals surface area contributed by atoms with Gasteiger partial charge in [-0.15, -0.1) is 0 Å². The fourth-order valence-electron chi connectivity index (χ4n) is 2.61. The Kier molecular flexibility index (Phi) is 5.84. The van der Waals surface area contributed by atoms with Gasteiger partial charge in [0.2, 0.25) is 5.91 Å². The van der Waals surface area contributed by atoms with Gasteiger partial charge in [0.25, 0.3) is 0 Å². The second-order valence-corrected chi connectivity index (χ2v) is 6.77. The van der Waals surface area contributed by atoms with Gasteiger partial charge in [0, 0.05) is 19.6 Å². The molecule has 0 aromatic heterocycles. The molecule has 2 atom stereocenters. The maximum absolute atomic E-state index is 11.4. The minimum atomic E-state index is -0.603. The number of guanidine groups is 1. The van der Waals surface area contributed by atoms with E-state index in [-0.39, 0.29) is 5.91 Å². The van der Waals surface area contributed by atoms with Crippen LogP contribution in [-0.2, 0) is 4.79 Å². The summed E-state index contributed by atoms with van der Waals surface area (Å²) in [6.07, 6.45) is 1.27. The lowest BCUT2D eigenvalue weighted by Crippen LogP contribution is -2.49. The fourth-order valence-corrected chi connectivity index (χ4v) is 2.61. The lowest BCUT2D eigenvalue weighted by atomic mass is 9.92. The predicted octanol–water partition coefficient (Wildman–Crippen LogP) is 1.44. The minimum Gasteiger partial charge on any atom is -0.369 e. The summed E-state index contributed by atoms with van der Waals surface area (Å²) in [5.74, 6) is 1.94. The molecule has 0 aliphatic carbocycles. The number of nitrogens with two attached hydrogens (primary N) is 1. The first-order valence-electron chi connectivity index (χ1n) is 7.59. The van der Waals surface area contributed by atoms with Crippen LogP contribution in [0.15, 0.2) is 4.99 Å². The van der Waals surface area contributed by atoms with E-state index in [4.69, 9.17) is 5.73 Å². The lowest BCUT2D eigenvalue weighted by Gasteiger charge is -2.37. The summed E-state index contributed by atoms with van der Waals surface area (Å²) in [6, 6.07) is 0. The first-order valence-corrected chi connectivity index (χ1v) is 7.59. The summed E-state index contributed by atoms with van der Waals surface area (Å²) in [4.78, 5) is 18.3. The van der Waals surface area contributed by atoms with Crippen molar-refractivity contribution in [1.29, 1.82) is 0 Å². The van der Waals surface area contributed by atoms with Crippen molar-refractivity contribution in [2.75, 3.05) is 26.2 Å². The van der Waals surface area contributed by atoms with Crippen molar-refractivity contribution in [1.82, 2.24) is 10.2 Å². The minimum absolute atomic E-state index is 0.308. The molecule has 0 radical (unpaired) electrons. The Morgan fingerprint density at radius 3 is 2.35 bits per heavy atom. The quantitative estimate of drug-likeness (QED) is 0.605. The normalized spacial score (nSPS) is 24.6. The van der Waals surface area contributed by atoms with E-state index in [2.05, 4.69) is 36.0 Å². The molecule has 0 aromatic carbocycles. The number of rotatable bonds is 4. The van der Waals surface area contributed by atoms with Gasteiger partial charge in [-0.2, -0.15) is 0 Å². The number of aliphatic imine (C=N–C) groups is 1. The van der Waals surface area contributed by atoms with Gasteiger partial charge in [0.05, 0.1) is 12.0 Å². The van der Waals surface area contributed by atoms with Crippen LogP contribution in [0.4, 0.5) is 0 Å². The Morgan fingerprint density at radius 1 is 1.35 bits per heavy atom. The number of carbonyl (C=O) groups excluding carboxylic acids is 1. The molecule has 5 nitrogen and oxygen atoms in total. The number of hydrogen-bond acceptors (Lipinski definition) is 2. The highest BCUT2D eigenvalue weighted by Gasteiger charge is 2.27. The molecule has 1 aliphatic heterocycles. The number of primary amides is 1. The summed E-state index contributed by atoms with van der Waals surface area (Å²) < 4.78 is 0. The molecule has 0 aromatic rings. The molecule has 0 spiro atoms. The Morgan fingerprint density at radius 2 is 1.90 bits per heavy atom. The molecule has 1 rings (SSSR count). The van der Waals surface area contributed by atoms with Gasteiger partial charge < -0.3 is 16.0 Å². The van der Waals surface area contributed by atoms with E-state index in [0.717, 1.165) is 25.6 Å². The van der Waals surface area contributed by atoms with Gasteiger partial charge in [0.15, 0.2) is 5.96 Å². The van der Waals surface area contributed by atoms with Crippen LogP contribution in [0.2, 0.25) is 0 Å². The Balaban J connectivity index is 2.79. The number of piperidine rings is 1. The first kappa shape index (κ1) is 16.8. The maximum Gasteiger partial charge on any atom is 0.224 e. The molecule has 3 N–H and O–H groups in total. The third-order valence-corrected chi connectivity index (χ3v) is 3.79. The number of likely N-dealkylation sites (tertiary alicyclic amines) is 1. The SMILES string of the molecule is CCNC(=NCC(C)(C)C(N)=O)N1CC(C)CC(C)C1. The van der Waals surface area contributed by atoms with Crippen molar-refractivity contribution in [3.05, 3.63) is 0 Å². The third-order valence-electron chi connectivity index (χ3n) is 3.79. The molecule has 1 amide bonds. The Hall–Kier alpha value is -1.26.